The first-order valence-electron chi connectivity index (χ1n) is 8.88. The van der Waals surface area contributed by atoms with Gasteiger partial charge in [-0.15, -0.1) is 0 Å². The van der Waals surface area contributed by atoms with Gasteiger partial charge in [-0.05, 0) is 57.0 Å². The van der Waals surface area contributed by atoms with Gasteiger partial charge in [0.2, 0.25) is 5.89 Å². The Hall–Kier alpha value is -0.900. The third-order valence-electron chi connectivity index (χ3n) is 5.37. The fraction of sp³-hybridized carbons (Fsp3) is 0.882. The minimum Gasteiger partial charge on any atom is -0.339 e. The summed E-state index contributed by atoms with van der Waals surface area (Å²) in [6, 6.07) is 0. The first-order chi connectivity index (χ1) is 10.3. The van der Waals surface area contributed by atoms with E-state index in [9.17, 15) is 0 Å². The van der Waals surface area contributed by atoms with Gasteiger partial charge in [-0.2, -0.15) is 4.98 Å². The third kappa shape index (κ3) is 4.06. The lowest BCUT2D eigenvalue weighted by molar-refractivity contribution is 0.296. The van der Waals surface area contributed by atoms with Crippen molar-refractivity contribution >= 4 is 0 Å². The fourth-order valence-electron chi connectivity index (χ4n) is 3.93. The molecule has 0 aromatic carbocycles. The highest BCUT2D eigenvalue weighted by Gasteiger charge is 2.26. The van der Waals surface area contributed by atoms with E-state index < -0.39 is 0 Å². The minimum atomic E-state index is 0.539. The predicted octanol–water partition coefficient (Wildman–Crippen LogP) is 3.69. The van der Waals surface area contributed by atoms with Crippen LogP contribution in [-0.4, -0.2) is 23.2 Å². The zero-order valence-electron chi connectivity index (χ0n) is 13.3. The van der Waals surface area contributed by atoms with Gasteiger partial charge >= 0.3 is 0 Å². The second kappa shape index (κ2) is 7.39. The van der Waals surface area contributed by atoms with Gasteiger partial charge in [0.25, 0.3) is 0 Å². The first kappa shape index (κ1) is 15.0. The van der Waals surface area contributed by atoms with E-state index in [0.29, 0.717) is 5.92 Å². The molecule has 3 rings (SSSR count). The molecule has 1 saturated heterocycles. The normalized spacial score (nSPS) is 30.4. The standard InChI is InChI=1S/C17H29N3O/c1-2-13-5-3-7-15(11-13)17-19-16(21-20-17)9-8-14-6-4-10-18-12-14/h13-15,18H,2-12H2,1H3. The van der Waals surface area contributed by atoms with Crippen molar-refractivity contribution in [3.05, 3.63) is 11.7 Å². The van der Waals surface area contributed by atoms with E-state index in [-0.39, 0.29) is 0 Å². The molecule has 0 amide bonds. The summed E-state index contributed by atoms with van der Waals surface area (Å²) >= 11 is 0. The molecular weight excluding hydrogens is 262 g/mol. The number of aryl methyl sites for hydroxylation is 1. The summed E-state index contributed by atoms with van der Waals surface area (Å²) < 4.78 is 5.50. The summed E-state index contributed by atoms with van der Waals surface area (Å²) in [5.74, 6) is 4.02. The van der Waals surface area contributed by atoms with Crippen LogP contribution in [0.5, 0.6) is 0 Å². The zero-order chi connectivity index (χ0) is 14.5. The smallest absolute Gasteiger partial charge is 0.226 e. The van der Waals surface area contributed by atoms with Crippen LogP contribution in [0.15, 0.2) is 4.52 Å². The lowest BCUT2D eigenvalue weighted by Gasteiger charge is -2.26. The molecule has 3 atom stereocenters. The Labute approximate surface area is 128 Å². The number of aromatic nitrogens is 2. The van der Waals surface area contributed by atoms with Gasteiger partial charge in [-0.3, -0.25) is 0 Å². The molecule has 0 radical (unpaired) electrons. The average molecular weight is 291 g/mol. The lowest BCUT2D eigenvalue weighted by atomic mass is 9.80. The molecule has 2 heterocycles. The van der Waals surface area contributed by atoms with Gasteiger partial charge in [0.15, 0.2) is 5.82 Å². The molecule has 1 aromatic rings. The Balaban J connectivity index is 1.50. The van der Waals surface area contributed by atoms with Gasteiger partial charge in [-0.1, -0.05) is 31.3 Å². The van der Waals surface area contributed by atoms with Crippen LogP contribution in [0.3, 0.4) is 0 Å². The molecular formula is C17H29N3O. The molecule has 4 heteroatoms. The van der Waals surface area contributed by atoms with E-state index in [4.69, 9.17) is 4.52 Å². The Morgan fingerprint density at radius 2 is 2.10 bits per heavy atom. The second-order valence-corrected chi connectivity index (χ2v) is 6.94. The maximum Gasteiger partial charge on any atom is 0.226 e. The van der Waals surface area contributed by atoms with Crippen molar-refractivity contribution in [3.63, 3.8) is 0 Å². The van der Waals surface area contributed by atoms with Crippen LogP contribution >= 0.6 is 0 Å². The van der Waals surface area contributed by atoms with E-state index in [1.807, 2.05) is 0 Å². The first-order valence-corrected chi connectivity index (χ1v) is 8.88. The molecule has 1 saturated carbocycles. The van der Waals surface area contributed by atoms with Crippen LogP contribution in [0, 0.1) is 11.8 Å². The molecule has 118 valence electrons. The number of nitrogens with one attached hydrogen (secondary N) is 1. The van der Waals surface area contributed by atoms with E-state index in [0.717, 1.165) is 36.5 Å². The van der Waals surface area contributed by atoms with Crippen LogP contribution in [0.25, 0.3) is 0 Å². The monoisotopic (exact) mass is 291 g/mol. The Morgan fingerprint density at radius 3 is 2.90 bits per heavy atom. The molecule has 0 spiro atoms. The maximum atomic E-state index is 5.50. The third-order valence-corrected chi connectivity index (χ3v) is 5.37. The van der Waals surface area contributed by atoms with Crippen LogP contribution in [0.2, 0.25) is 0 Å². The van der Waals surface area contributed by atoms with Crippen molar-refractivity contribution in [1.29, 1.82) is 0 Å². The van der Waals surface area contributed by atoms with Crippen molar-refractivity contribution in [3.8, 4) is 0 Å². The van der Waals surface area contributed by atoms with Crippen molar-refractivity contribution in [2.45, 2.75) is 70.6 Å². The molecule has 1 N–H and O–H groups in total. The second-order valence-electron chi connectivity index (χ2n) is 6.94. The van der Waals surface area contributed by atoms with Crippen LogP contribution in [0.1, 0.15) is 75.9 Å². The quantitative estimate of drug-likeness (QED) is 0.899. The van der Waals surface area contributed by atoms with E-state index in [2.05, 4.69) is 22.4 Å². The van der Waals surface area contributed by atoms with Crippen LogP contribution < -0.4 is 5.32 Å². The number of hydrogen-bond donors (Lipinski definition) is 1. The maximum absolute atomic E-state index is 5.50. The highest BCUT2D eigenvalue weighted by Crippen LogP contribution is 2.36. The minimum absolute atomic E-state index is 0.539. The summed E-state index contributed by atoms with van der Waals surface area (Å²) in [6.07, 6.45) is 11.3. The molecule has 0 bridgehead atoms. The van der Waals surface area contributed by atoms with Gasteiger partial charge in [0.1, 0.15) is 0 Å². The molecule has 3 unspecified atom stereocenters. The molecule has 4 nitrogen and oxygen atoms in total. The molecule has 1 aliphatic heterocycles. The summed E-state index contributed by atoms with van der Waals surface area (Å²) in [6.45, 7) is 4.64. The van der Waals surface area contributed by atoms with Crippen molar-refractivity contribution in [2.24, 2.45) is 11.8 Å². The largest absolute Gasteiger partial charge is 0.339 e. The summed E-state index contributed by atoms with van der Waals surface area (Å²) in [5, 5.41) is 7.74. The van der Waals surface area contributed by atoms with Gasteiger partial charge in [0.05, 0.1) is 0 Å². The fourth-order valence-corrected chi connectivity index (χ4v) is 3.93. The van der Waals surface area contributed by atoms with Gasteiger partial charge in [-0.25, -0.2) is 0 Å². The average Bonchev–Trinajstić information content (AvgIpc) is 3.03. The molecule has 2 aliphatic rings. The van der Waals surface area contributed by atoms with E-state index in [1.54, 1.807) is 0 Å². The number of rotatable bonds is 5. The highest BCUT2D eigenvalue weighted by atomic mass is 16.5. The van der Waals surface area contributed by atoms with Gasteiger partial charge in [0, 0.05) is 12.3 Å². The number of hydrogen-bond acceptors (Lipinski definition) is 4. The van der Waals surface area contributed by atoms with Crippen molar-refractivity contribution < 1.29 is 4.52 Å². The van der Waals surface area contributed by atoms with E-state index >= 15 is 0 Å². The molecule has 1 aromatic heterocycles. The van der Waals surface area contributed by atoms with Crippen molar-refractivity contribution in [2.75, 3.05) is 13.1 Å². The SMILES string of the molecule is CCC1CCCC(c2noc(CCC3CCCNC3)n2)C1. The van der Waals surface area contributed by atoms with Crippen molar-refractivity contribution in [1.82, 2.24) is 15.5 Å². The van der Waals surface area contributed by atoms with Crippen LogP contribution in [-0.2, 0) is 6.42 Å². The molecule has 21 heavy (non-hydrogen) atoms. The lowest BCUT2D eigenvalue weighted by Crippen LogP contribution is -2.29. The summed E-state index contributed by atoms with van der Waals surface area (Å²) in [4.78, 5) is 4.69. The topological polar surface area (TPSA) is 51.0 Å². The molecule has 2 fully saturated rings. The molecule has 1 aliphatic carbocycles. The summed E-state index contributed by atoms with van der Waals surface area (Å²) in [7, 11) is 0. The predicted molar refractivity (Wildman–Crippen MR) is 83.2 cm³/mol. The highest BCUT2D eigenvalue weighted by molar-refractivity contribution is 4.98. The number of piperidine rings is 1. The van der Waals surface area contributed by atoms with Crippen LogP contribution in [0.4, 0.5) is 0 Å². The Morgan fingerprint density at radius 1 is 1.19 bits per heavy atom. The Kier molecular flexibility index (Phi) is 5.28. The van der Waals surface area contributed by atoms with Gasteiger partial charge < -0.3 is 9.84 Å². The van der Waals surface area contributed by atoms with E-state index in [1.165, 1.54) is 57.9 Å². The number of nitrogens with zero attached hydrogens (tertiary/aromatic N) is 2. The summed E-state index contributed by atoms with van der Waals surface area (Å²) in [5.41, 5.74) is 0. The zero-order valence-corrected chi connectivity index (χ0v) is 13.3. The Bertz CT molecular complexity index is 425.